The number of ether oxygens (including phenoxy) is 1. The maximum atomic E-state index is 11.7. The summed E-state index contributed by atoms with van der Waals surface area (Å²) in [7, 11) is 1.74. The molecular formula is C12H21N5O2. The molecule has 106 valence electrons. The second kappa shape index (κ2) is 6.77. The van der Waals surface area contributed by atoms with E-state index in [9.17, 15) is 4.79 Å². The van der Waals surface area contributed by atoms with Crippen molar-refractivity contribution in [3.63, 3.8) is 0 Å². The number of nitrogens with two attached hydrogens (primary N) is 1. The van der Waals surface area contributed by atoms with Crippen molar-refractivity contribution in [2.45, 2.75) is 26.9 Å². The first-order valence-corrected chi connectivity index (χ1v) is 6.20. The zero-order valence-electron chi connectivity index (χ0n) is 11.8. The van der Waals surface area contributed by atoms with Gasteiger partial charge in [0.1, 0.15) is 12.0 Å². The summed E-state index contributed by atoms with van der Waals surface area (Å²) >= 11 is 0. The number of carbonyl (C=O) groups is 1. The third-order valence-corrected chi connectivity index (χ3v) is 2.50. The van der Waals surface area contributed by atoms with Crippen LogP contribution in [0.2, 0.25) is 0 Å². The van der Waals surface area contributed by atoms with E-state index in [1.54, 1.807) is 11.9 Å². The van der Waals surface area contributed by atoms with Crippen molar-refractivity contribution >= 4 is 17.4 Å². The lowest BCUT2D eigenvalue weighted by Crippen LogP contribution is -2.32. The van der Waals surface area contributed by atoms with E-state index in [0.717, 1.165) is 0 Å². The predicted octanol–water partition coefficient (Wildman–Crippen LogP) is 0.736. The van der Waals surface area contributed by atoms with Crippen LogP contribution < -0.4 is 15.8 Å². The van der Waals surface area contributed by atoms with Crippen molar-refractivity contribution in [3.05, 3.63) is 6.33 Å². The Labute approximate surface area is 113 Å². The molecule has 0 unspecified atom stereocenters. The van der Waals surface area contributed by atoms with E-state index >= 15 is 0 Å². The van der Waals surface area contributed by atoms with Gasteiger partial charge in [-0.2, -0.15) is 4.98 Å². The summed E-state index contributed by atoms with van der Waals surface area (Å²) < 4.78 is 5.45. The Morgan fingerprint density at radius 3 is 2.79 bits per heavy atom. The highest BCUT2D eigenvalue weighted by Gasteiger charge is 2.12. The molecule has 0 aromatic carbocycles. The smallest absolute Gasteiger partial charge is 0.242 e. The Morgan fingerprint density at radius 1 is 1.53 bits per heavy atom. The molecule has 0 radical (unpaired) electrons. The van der Waals surface area contributed by atoms with Crippen LogP contribution in [0.25, 0.3) is 0 Å². The molecule has 0 aliphatic carbocycles. The molecule has 0 saturated carbocycles. The number of anilines is 2. The lowest BCUT2D eigenvalue weighted by molar-refractivity contribution is -0.127. The molecule has 0 spiro atoms. The van der Waals surface area contributed by atoms with Crippen LogP contribution in [0.4, 0.5) is 11.5 Å². The van der Waals surface area contributed by atoms with Crippen molar-refractivity contribution in [1.82, 2.24) is 14.9 Å². The molecule has 1 heterocycles. The zero-order chi connectivity index (χ0) is 14.4. The maximum absolute atomic E-state index is 11.7. The lowest BCUT2D eigenvalue weighted by atomic mass is 10.4. The van der Waals surface area contributed by atoms with Crippen molar-refractivity contribution in [1.29, 1.82) is 0 Å². The fourth-order valence-corrected chi connectivity index (χ4v) is 1.31. The minimum atomic E-state index is -0.0353. The lowest BCUT2D eigenvalue weighted by Gasteiger charge is -2.16. The normalized spacial score (nSPS) is 10.4. The number of nitrogens with zero attached hydrogens (tertiary/aromatic N) is 3. The van der Waals surface area contributed by atoms with Crippen molar-refractivity contribution in [3.8, 4) is 5.88 Å². The summed E-state index contributed by atoms with van der Waals surface area (Å²) in [5, 5.41) is 2.89. The summed E-state index contributed by atoms with van der Waals surface area (Å²) in [6.07, 6.45) is 1.32. The van der Waals surface area contributed by atoms with Gasteiger partial charge in [-0.15, -0.1) is 0 Å². The molecule has 7 nitrogen and oxygen atoms in total. The highest BCUT2D eigenvalue weighted by molar-refractivity contribution is 5.81. The monoisotopic (exact) mass is 267 g/mol. The highest BCUT2D eigenvalue weighted by atomic mass is 16.5. The quantitative estimate of drug-likeness (QED) is 0.789. The molecule has 19 heavy (non-hydrogen) atoms. The Hall–Kier alpha value is -2.05. The summed E-state index contributed by atoms with van der Waals surface area (Å²) in [5.74, 6) is 0.694. The Morgan fingerprint density at radius 2 is 2.21 bits per heavy atom. The maximum Gasteiger partial charge on any atom is 0.242 e. The fraction of sp³-hybridized carbons (Fsp3) is 0.583. The Bertz CT molecular complexity index is 436. The van der Waals surface area contributed by atoms with Gasteiger partial charge in [0.05, 0.1) is 12.6 Å². The topological polar surface area (TPSA) is 93.4 Å². The standard InChI is InChI=1S/C12H21N5O2/c1-5-17(4)9(18)6-14-11-10(13)12(16-7-15-11)19-8(2)3/h7-8H,5-6,13H2,1-4H3,(H,14,15,16). The van der Waals surface area contributed by atoms with Crippen molar-refractivity contribution in [2.75, 3.05) is 31.2 Å². The first-order valence-electron chi connectivity index (χ1n) is 6.20. The number of hydrogen-bond donors (Lipinski definition) is 2. The Balaban J connectivity index is 2.71. The highest BCUT2D eigenvalue weighted by Crippen LogP contribution is 2.25. The van der Waals surface area contributed by atoms with Crippen LogP contribution in [0.3, 0.4) is 0 Å². The number of nitrogens with one attached hydrogen (secondary N) is 1. The molecule has 0 bridgehead atoms. The van der Waals surface area contributed by atoms with Gasteiger partial charge in [0.2, 0.25) is 11.8 Å². The number of likely N-dealkylation sites (N-methyl/N-ethyl adjacent to an activating group) is 1. The van der Waals surface area contributed by atoms with E-state index in [-0.39, 0.29) is 18.6 Å². The van der Waals surface area contributed by atoms with Gasteiger partial charge < -0.3 is 20.7 Å². The molecule has 0 fully saturated rings. The molecule has 0 saturated heterocycles. The van der Waals surface area contributed by atoms with Crippen LogP contribution >= 0.6 is 0 Å². The van der Waals surface area contributed by atoms with E-state index < -0.39 is 0 Å². The van der Waals surface area contributed by atoms with Crippen LogP contribution in [-0.4, -0.2) is 47.0 Å². The van der Waals surface area contributed by atoms with Gasteiger partial charge in [-0.3, -0.25) is 4.79 Å². The first kappa shape index (κ1) is 15.0. The number of rotatable bonds is 6. The summed E-state index contributed by atoms with van der Waals surface area (Å²) in [6.45, 7) is 6.46. The summed E-state index contributed by atoms with van der Waals surface area (Å²) in [6, 6.07) is 0. The molecule has 1 amide bonds. The molecule has 0 aliphatic rings. The Kier molecular flexibility index (Phi) is 5.35. The number of aromatic nitrogens is 2. The van der Waals surface area contributed by atoms with Crippen molar-refractivity contribution in [2.24, 2.45) is 0 Å². The van der Waals surface area contributed by atoms with Crippen molar-refractivity contribution < 1.29 is 9.53 Å². The van der Waals surface area contributed by atoms with Crippen LogP contribution in [0, 0.1) is 0 Å². The van der Waals surface area contributed by atoms with E-state index in [1.807, 2.05) is 20.8 Å². The largest absolute Gasteiger partial charge is 0.473 e. The zero-order valence-corrected chi connectivity index (χ0v) is 11.8. The molecule has 0 atom stereocenters. The average molecular weight is 267 g/mol. The summed E-state index contributed by atoms with van der Waals surface area (Å²) in [5.41, 5.74) is 6.20. The number of hydrogen-bond acceptors (Lipinski definition) is 6. The summed E-state index contributed by atoms with van der Waals surface area (Å²) in [4.78, 5) is 21.2. The predicted molar refractivity (Wildman–Crippen MR) is 74.0 cm³/mol. The second-order valence-corrected chi connectivity index (χ2v) is 4.37. The third-order valence-electron chi connectivity index (χ3n) is 2.50. The van der Waals surface area contributed by atoms with E-state index in [4.69, 9.17) is 10.5 Å². The minimum Gasteiger partial charge on any atom is -0.473 e. The van der Waals surface area contributed by atoms with Gasteiger partial charge in [-0.25, -0.2) is 4.98 Å². The number of nitrogen functional groups attached to an aromatic ring is 1. The van der Waals surface area contributed by atoms with Gasteiger partial charge in [0, 0.05) is 13.6 Å². The molecule has 1 aromatic rings. The van der Waals surface area contributed by atoms with Crippen LogP contribution in [0.1, 0.15) is 20.8 Å². The fourth-order valence-electron chi connectivity index (χ4n) is 1.31. The molecule has 1 rings (SSSR count). The van der Waals surface area contributed by atoms with Gasteiger partial charge in [-0.1, -0.05) is 0 Å². The SMILES string of the molecule is CCN(C)C(=O)CNc1ncnc(OC(C)C)c1N. The second-order valence-electron chi connectivity index (χ2n) is 4.37. The number of carbonyl (C=O) groups excluding carboxylic acids is 1. The van der Waals surface area contributed by atoms with Gasteiger partial charge in [-0.05, 0) is 20.8 Å². The molecule has 3 N–H and O–H groups in total. The molecule has 7 heteroatoms. The van der Waals surface area contributed by atoms with E-state index in [1.165, 1.54) is 6.33 Å². The molecule has 0 aliphatic heterocycles. The average Bonchev–Trinajstić information content (AvgIpc) is 2.38. The van der Waals surface area contributed by atoms with Crippen LogP contribution in [0.15, 0.2) is 6.33 Å². The third kappa shape index (κ3) is 4.27. The molecular weight excluding hydrogens is 246 g/mol. The van der Waals surface area contributed by atoms with Gasteiger partial charge >= 0.3 is 0 Å². The van der Waals surface area contributed by atoms with E-state index in [0.29, 0.717) is 23.9 Å². The molecule has 1 aromatic heterocycles. The van der Waals surface area contributed by atoms with Gasteiger partial charge in [0.15, 0.2) is 5.82 Å². The van der Waals surface area contributed by atoms with E-state index in [2.05, 4.69) is 15.3 Å². The van der Waals surface area contributed by atoms with Gasteiger partial charge in [0.25, 0.3) is 0 Å². The number of amides is 1. The minimum absolute atomic E-state index is 0.0297. The van der Waals surface area contributed by atoms with Crippen LogP contribution in [-0.2, 0) is 4.79 Å². The first-order chi connectivity index (χ1) is 8.95. The van der Waals surface area contributed by atoms with Crippen LogP contribution in [0.5, 0.6) is 5.88 Å².